The molecule has 0 radical (unpaired) electrons. The van der Waals surface area contributed by atoms with E-state index >= 15 is 0 Å². The molecule has 0 heterocycles. The Bertz CT molecular complexity index is 348. The van der Waals surface area contributed by atoms with Gasteiger partial charge in [0.25, 0.3) is 0 Å². The summed E-state index contributed by atoms with van der Waals surface area (Å²) in [7, 11) is 1.29. The van der Waals surface area contributed by atoms with Gasteiger partial charge in [-0.05, 0) is 25.2 Å². The van der Waals surface area contributed by atoms with Gasteiger partial charge in [0.15, 0.2) is 0 Å². The molecule has 0 unspecified atom stereocenters. The number of amides is 1. The van der Waals surface area contributed by atoms with Crippen LogP contribution in [0.3, 0.4) is 0 Å². The minimum Gasteiger partial charge on any atom is -0.467 e. The summed E-state index contributed by atoms with van der Waals surface area (Å²) in [4.78, 5) is 34.9. The zero-order valence-corrected chi connectivity index (χ0v) is 12.4. The highest BCUT2D eigenvalue weighted by molar-refractivity contribution is 5.85. The molecule has 0 aliphatic heterocycles. The van der Waals surface area contributed by atoms with Crippen molar-refractivity contribution in [3.63, 3.8) is 0 Å². The molecular weight excluding hydrogens is 258 g/mol. The van der Waals surface area contributed by atoms with Crippen molar-refractivity contribution in [3.8, 4) is 0 Å². The number of hydrogen-bond acceptors (Lipinski definition) is 4. The zero-order chi connectivity index (χ0) is 15.0. The van der Waals surface area contributed by atoms with E-state index in [1.807, 2.05) is 0 Å². The third-order valence-corrected chi connectivity index (χ3v) is 3.88. The highest BCUT2D eigenvalue weighted by atomic mass is 16.5. The fourth-order valence-corrected chi connectivity index (χ4v) is 2.60. The van der Waals surface area contributed by atoms with Crippen molar-refractivity contribution in [2.45, 2.75) is 64.3 Å². The number of ketones is 1. The number of carbonyl (C=O) groups excluding carboxylic acids is 3. The van der Waals surface area contributed by atoms with E-state index in [-0.39, 0.29) is 11.7 Å². The minimum absolute atomic E-state index is 0.0870. The molecular formula is C15H25NO4. The van der Waals surface area contributed by atoms with Crippen LogP contribution in [0.2, 0.25) is 0 Å². The summed E-state index contributed by atoms with van der Waals surface area (Å²) < 4.78 is 4.68. The van der Waals surface area contributed by atoms with Crippen molar-refractivity contribution >= 4 is 17.7 Å². The van der Waals surface area contributed by atoms with Crippen LogP contribution in [-0.2, 0) is 19.1 Å². The van der Waals surface area contributed by atoms with Crippen LogP contribution in [-0.4, -0.2) is 30.8 Å². The molecule has 1 N–H and O–H groups in total. The summed E-state index contributed by atoms with van der Waals surface area (Å²) in [5, 5.41) is 2.71. The first-order chi connectivity index (χ1) is 9.56. The molecule has 0 aromatic carbocycles. The largest absolute Gasteiger partial charge is 0.467 e. The number of methoxy groups -OCH3 is 1. The number of esters is 1. The van der Waals surface area contributed by atoms with Crippen molar-refractivity contribution in [3.05, 3.63) is 0 Å². The van der Waals surface area contributed by atoms with Gasteiger partial charge in [0.05, 0.1) is 7.11 Å². The lowest BCUT2D eigenvalue weighted by Crippen LogP contribution is -2.42. The van der Waals surface area contributed by atoms with Gasteiger partial charge in [0, 0.05) is 19.3 Å². The van der Waals surface area contributed by atoms with Crippen LogP contribution < -0.4 is 5.32 Å². The molecule has 0 saturated heterocycles. The Morgan fingerprint density at radius 2 is 1.90 bits per heavy atom. The summed E-state index contributed by atoms with van der Waals surface area (Å²) in [6.45, 7) is 1.79. The normalized spacial score (nSPS) is 16.7. The maximum atomic E-state index is 11.9. The molecule has 20 heavy (non-hydrogen) atoms. The Balaban J connectivity index is 2.43. The van der Waals surface area contributed by atoms with E-state index in [0.717, 1.165) is 12.8 Å². The van der Waals surface area contributed by atoms with E-state index in [9.17, 15) is 14.4 Å². The number of nitrogens with one attached hydrogen (secondary N) is 1. The van der Waals surface area contributed by atoms with Crippen LogP contribution in [0, 0.1) is 5.92 Å². The third kappa shape index (κ3) is 5.72. The summed E-state index contributed by atoms with van der Waals surface area (Å²) in [6.07, 6.45) is 6.07. The van der Waals surface area contributed by atoms with Crippen molar-refractivity contribution in [1.82, 2.24) is 5.32 Å². The Kier molecular flexibility index (Phi) is 7.26. The molecule has 1 aliphatic rings. The highest BCUT2D eigenvalue weighted by Gasteiger charge is 2.24. The maximum absolute atomic E-state index is 11.9. The fourth-order valence-electron chi connectivity index (χ4n) is 2.60. The number of rotatable bonds is 8. The molecule has 1 amide bonds. The molecule has 1 fully saturated rings. The molecule has 1 rings (SSSR count). The smallest absolute Gasteiger partial charge is 0.328 e. The van der Waals surface area contributed by atoms with E-state index in [1.54, 1.807) is 6.92 Å². The first-order valence-corrected chi connectivity index (χ1v) is 7.45. The summed E-state index contributed by atoms with van der Waals surface area (Å²) in [5.41, 5.74) is 0. The quantitative estimate of drug-likeness (QED) is 0.691. The van der Waals surface area contributed by atoms with Gasteiger partial charge in [-0.3, -0.25) is 9.59 Å². The number of hydrogen-bond donors (Lipinski definition) is 1. The number of ether oxygens (including phenoxy) is 1. The van der Waals surface area contributed by atoms with Crippen LogP contribution in [0.15, 0.2) is 0 Å². The average molecular weight is 283 g/mol. The molecule has 1 aliphatic carbocycles. The van der Waals surface area contributed by atoms with Gasteiger partial charge in [0.2, 0.25) is 5.91 Å². The Hall–Kier alpha value is -1.39. The predicted octanol–water partition coefficient (Wildman–Crippen LogP) is 1.98. The summed E-state index contributed by atoms with van der Waals surface area (Å²) in [6, 6.07) is -0.704. The van der Waals surface area contributed by atoms with Crippen molar-refractivity contribution in [2.75, 3.05) is 7.11 Å². The molecule has 114 valence electrons. The van der Waals surface area contributed by atoms with Gasteiger partial charge >= 0.3 is 5.97 Å². The lowest BCUT2D eigenvalue weighted by Gasteiger charge is -2.17. The Labute approximate surface area is 120 Å². The Morgan fingerprint density at radius 3 is 2.45 bits per heavy atom. The maximum Gasteiger partial charge on any atom is 0.328 e. The summed E-state index contributed by atoms with van der Waals surface area (Å²) >= 11 is 0. The number of carbonyl (C=O) groups is 3. The molecule has 0 bridgehead atoms. The van der Waals surface area contributed by atoms with Crippen molar-refractivity contribution < 1.29 is 19.1 Å². The van der Waals surface area contributed by atoms with Gasteiger partial charge in [0.1, 0.15) is 11.8 Å². The molecule has 0 aromatic heterocycles. The van der Waals surface area contributed by atoms with Crippen LogP contribution in [0.1, 0.15) is 58.3 Å². The first-order valence-electron chi connectivity index (χ1n) is 7.45. The molecule has 1 saturated carbocycles. The fraction of sp³-hybridized carbons (Fsp3) is 0.800. The van der Waals surface area contributed by atoms with E-state index in [0.29, 0.717) is 31.6 Å². The lowest BCUT2D eigenvalue weighted by molar-refractivity contribution is -0.145. The average Bonchev–Trinajstić information content (AvgIpc) is 2.94. The molecule has 5 nitrogen and oxygen atoms in total. The Morgan fingerprint density at radius 1 is 1.25 bits per heavy atom. The van der Waals surface area contributed by atoms with E-state index < -0.39 is 12.0 Å². The second-order valence-corrected chi connectivity index (χ2v) is 5.43. The van der Waals surface area contributed by atoms with Gasteiger partial charge < -0.3 is 10.1 Å². The van der Waals surface area contributed by atoms with Crippen LogP contribution in [0.4, 0.5) is 0 Å². The van der Waals surface area contributed by atoms with Gasteiger partial charge in [-0.2, -0.15) is 0 Å². The van der Waals surface area contributed by atoms with Crippen molar-refractivity contribution in [2.24, 2.45) is 5.92 Å². The molecule has 1 atom stereocenters. The van der Waals surface area contributed by atoms with Gasteiger partial charge in [-0.15, -0.1) is 0 Å². The van der Waals surface area contributed by atoms with Crippen LogP contribution in [0.25, 0.3) is 0 Å². The molecule has 5 heteroatoms. The van der Waals surface area contributed by atoms with E-state index in [2.05, 4.69) is 10.1 Å². The predicted molar refractivity (Wildman–Crippen MR) is 75.1 cm³/mol. The third-order valence-electron chi connectivity index (χ3n) is 3.88. The van der Waals surface area contributed by atoms with Gasteiger partial charge in [-0.25, -0.2) is 4.79 Å². The number of Topliss-reactive ketones (excluding diaryl/α,β-unsaturated/α-hetero) is 1. The SMILES string of the molecule is CCC(=O)CC[C@@H](NC(=O)CC1CCCC1)C(=O)OC. The van der Waals surface area contributed by atoms with Crippen molar-refractivity contribution in [1.29, 1.82) is 0 Å². The second-order valence-electron chi connectivity index (χ2n) is 5.43. The van der Waals surface area contributed by atoms with Crippen LogP contribution in [0.5, 0.6) is 0 Å². The highest BCUT2D eigenvalue weighted by Crippen LogP contribution is 2.27. The topological polar surface area (TPSA) is 72.5 Å². The van der Waals surface area contributed by atoms with E-state index in [4.69, 9.17) is 0 Å². The van der Waals surface area contributed by atoms with Crippen LogP contribution >= 0.6 is 0 Å². The first kappa shape index (κ1) is 16.7. The monoisotopic (exact) mass is 283 g/mol. The molecule has 0 spiro atoms. The zero-order valence-electron chi connectivity index (χ0n) is 12.4. The summed E-state index contributed by atoms with van der Waals surface area (Å²) in [5.74, 6) is -0.0700. The second kappa shape index (κ2) is 8.72. The van der Waals surface area contributed by atoms with E-state index in [1.165, 1.54) is 20.0 Å². The standard InChI is InChI=1S/C15H25NO4/c1-3-12(17)8-9-13(15(19)20-2)16-14(18)10-11-6-4-5-7-11/h11,13H,3-10H2,1-2H3,(H,16,18)/t13-/m1/s1. The van der Waals surface area contributed by atoms with Gasteiger partial charge in [-0.1, -0.05) is 19.8 Å². The molecule has 0 aromatic rings. The minimum atomic E-state index is -0.704. The lowest BCUT2D eigenvalue weighted by atomic mass is 10.0.